The Bertz CT molecular complexity index is 979. The summed E-state index contributed by atoms with van der Waals surface area (Å²) in [6, 6.07) is 5.87. The molecule has 0 atom stereocenters. The minimum absolute atomic E-state index is 0.294. The predicted molar refractivity (Wildman–Crippen MR) is 111 cm³/mol. The van der Waals surface area contributed by atoms with Crippen LogP contribution in [0.2, 0.25) is 0 Å². The number of esters is 1. The molecule has 142 valence electrons. The molecule has 0 spiro atoms. The molecule has 0 bridgehead atoms. The predicted octanol–water partition coefficient (Wildman–Crippen LogP) is 3.13. The van der Waals surface area contributed by atoms with Crippen LogP contribution in [0.3, 0.4) is 0 Å². The number of imidazole rings is 1. The zero-order chi connectivity index (χ0) is 19.4. The number of anilines is 1. The molecule has 10 heteroatoms. The fraction of sp³-hybridized carbons (Fsp3) is 0.294. The first-order valence-corrected chi connectivity index (χ1v) is 10.0. The molecule has 3 aromatic rings. The number of rotatable bonds is 7. The zero-order valence-corrected chi connectivity index (χ0v) is 17.8. The van der Waals surface area contributed by atoms with Gasteiger partial charge in [0.05, 0.1) is 13.7 Å². The molecule has 0 fully saturated rings. The largest absolute Gasteiger partial charge is 0.497 e. The van der Waals surface area contributed by atoms with Gasteiger partial charge in [0.1, 0.15) is 12.1 Å². The number of hydrogen-bond acceptors (Lipinski definition) is 8. The highest BCUT2D eigenvalue weighted by molar-refractivity contribution is 14.1. The summed E-state index contributed by atoms with van der Waals surface area (Å²) in [7, 11) is 1.64. The van der Waals surface area contributed by atoms with Crippen LogP contribution >= 0.6 is 34.4 Å². The number of nitrogens with zero attached hydrogens (tertiary/aromatic N) is 4. The molecule has 0 saturated carbocycles. The lowest BCUT2D eigenvalue weighted by atomic mass is 10.3. The molecule has 1 aromatic carbocycles. The maximum atomic E-state index is 11.0. The normalized spacial score (nSPS) is 10.9. The van der Waals surface area contributed by atoms with Crippen LogP contribution in [-0.4, -0.2) is 39.2 Å². The summed E-state index contributed by atoms with van der Waals surface area (Å²) < 4.78 is 13.4. The van der Waals surface area contributed by atoms with Crippen LogP contribution in [0.15, 0.2) is 34.6 Å². The molecule has 0 aliphatic rings. The van der Waals surface area contributed by atoms with Gasteiger partial charge in [-0.2, -0.15) is 0 Å². The van der Waals surface area contributed by atoms with Gasteiger partial charge in [-0.05, 0) is 47.2 Å². The number of aryl methyl sites for hydroxylation is 1. The van der Waals surface area contributed by atoms with E-state index in [4.69, 9.17) is 15.2 Å². The van der Waals surface area contributed by atoms with Crippen LogP contribution in [0.4, 0.5) is 5.82 Å². The number of ether oxygens (including phenoxy) is 2. The summed E-state index contributed by atoms with van der Waals surface area (Å²) in [6.07, 6.45) is 2.06. The Labute approximate surface area is 174 Å². The number of benzene rings is 1. The summed E-state index contributed by atoms with van der Waals surface area (Å²) in [6.45, 7) is 2.31. The van der Waals surface area contributed by atoms with E-state index < -0.39 is 0 Å². The third-order valence-electron chi connectivity index (χ3n) is 3.70. The summed E-state index contributed by atoms with van der Waals surface area (Å²) >= 11 is 3.78. The van der Waals surface area contributed by atoms with Gasteiger partial charge in [0.2, 0.25) is 0 Å². The average molecular weight is 499 g/mol. The maximum absolute atomic E-state index is 11.0. The number of carbonyl (C=O) groups excluding carboxylic acids is 1. The number of nitrogens with two attached hydrogens (primary N) is 1. The SMILES string of the molecule is COc1ccc(I)c(Sc2nc3c(N)ncnc3n2CCCOC(C)=O)c1. The summed E-state index contributed by atoms with van der Waals surface area (Å²) in [5, 5.41) is 0.742. The van der Waals surface area contributed by atoms with E-state index in [1.165, 1.54) is 25.0 Å². The molecule has 0 aliphatic carbocycles. The monoisotopic (exact) mass is 499 g/mol. The molecular weight excluding hydrogens is 481 g/mol. The lowest BCUT2D eigenvalue weighted by Gasteiger charge is -2.10. The van der Waals surface area contributed by atoms with Crippen molar-refractivity contribution < 1.29 is 14.3 Å². The first-order valence-electron chi connectivity index (χ1n) is 8.11. The first kappa shape index (κ1) is 19.7. The summed E-state index contributed by atoms with van der Waals surface area (Å²) in [5.74, 6) is 0.813. The molecular formula is C17H18IN5O3S. The number of hydrogen-bond donors (Lipinski definition) is 1. The number of aromatic nitrogens is 4. The van der Waals surface area contributed by atoms with Gasteiger partial charge in [-0.25, -0.2) is 15.0 Å². The Morgan fingerprint density at radius 2 is 2.19 bits per heavy atom. The minimum atomic E-state index is -0.294. The molecule has 0 amide bonds. The lowest BCUT2D eigenvalue weighted by molar-refractivity contribution is -0.141. The second-order valence-corrected chi connectivity index (χ2v) is 7.74. The van der Waals surface area contributed by atoms with Crippen LogP contribution in [-0.2, 0) is 16.1 Å². The fourth-order valence-corrected chi connectivity index (χ4v) is 4.07. The van der Waals surface area contributed by atoms with Crippen molar-refractivity contribution in [2.24, 2.45) is 0 Å². The van der Waals surface area contributed by atoms with Crippen LogP contribution in [0.1, 0.15) is 13.3 Å². The summed E-state index contributed by atoms with van der Waals surface area (Å²) in [5.41, 5.74) is 7.19. The first-order chi connectivity index (χ1) is 13.0. The Morgan fingerprint density at radius 3 is 2.93 bits per heavy atom. The Morgan fingerprint density at radius 1 is 1.37 bits per heavy atom. The van der Waals surface area contributed by atoms with Gasteiger partial charge < -0.3 is 19.8 Å². The van der Waals surface area contributed by atoms with Crippen LogP contribution in [0, 0.1) is 3.57 Å². The van der Waals surface area contributed by atoms with Gasteiger partial charge in [0, 0.05) is 21.9 Å². The van der Waals surface area contributed by atoms with E-state index >= 15 is 0 Å². The van der Waals surface area contributed by atoms with Gasteiger partial charge in [-0.3, -0.25) is 4.79 Å². The quantitative estimate of drug-likeness (QED) is 0.301. The Kier molecular flexibility index (Phi) is 6.37. The van der Waals surface area contributed by atoms with E-state index in [0.29, 0.717) is 36.6 Å². The van der Waals surface area contributed by atoms with E-state index in [2.05, 4.69) is 37.5 Å². The highest BCUT2D eigenvalue weighted by Gasteiger charge is 2.17. The molecule has 3 rings (SSSR count). The van der Waals surface area contributed by atoms with E-state index in [-0.39, 0.29) is 5.97 Å². The van der Waals surface area contributed by atoms with Gasteiger partial charge in [0.25, 0.3) is 0 Å². The number of halogens is 1. The average Bonchev–Trinajstić information content (AvgIpc) is 2.99. The van der Waals surface area contributed by atoms with Crippen molar-refractivity contribution >= 4 is 57.3 Å². The maximum Gasteiger partial charge on any atom is 0.302 e. The smallest absolute Gasteiger partial charge is 0.302 e. The number of methoxy groups -OCH3 is 1. The topological polar surface area (TPSA) is 105 Å². The number of nitrogen functional groups attached to an aromatic ring is 1. The Balaban J connectivity index is 1.95. The van der Waals surface area contributed by atoms with Gasteiger partial charge in [-0.1, -0.05) is 11.8 Å². The van der Waals surface area contributed by atoms with Gasteiger partial charge in [0.15, 0.2) is 22.1 Å². The second-order valence-electron chi connectivity index (χ2n) is 5.57. The van der Waals surface area contributed by atoms with E-state index in [0.717, 1.165) is 19.4 Å². The van der Waals surface area contributed by atoms with E-state index in [1.54, 1.807) is 7.11 Å². The van der Waals surface area contributed by atoms with Crippen LogP contribution in [0.5, 0.6) is 5.75 Å². The van der Waals surface area contributed by atoms with Crippen LogP contribution in [0.25, 0.3) is 11.2 Å². The van der Waals surface area contributed by atoms with E-state index in [1.807, 2.05) is 22.8 Å². The van der Waals surface area contributed by atoms with Gasteiger partial charge >= 0.3 is 5.97 Å². The molecule has 8 nitrogen and oxygen atoms in total. The molecule has 0 radical (unpaired) electrons. The van der Waals surface area contributed by atoms with E-state index in [9.17, 15) is 4.79 Å². The number of carbonyl (C=O) groups is 1. The molecule has 2 N–H and O–H groups in total. The lowest BCUT2D eigenvalue weighted by Crippen LogP contribution is -2.07. The summed E-state index contributed by atoms with van der Waals surface area (Å²) in [4.78, 5) is 25.0. The van der Waals surface area contributed by atoms with Crippen molar-refractivity contribution in [2.45, 2.75) is 29.9 Å². The molecule has 0 aliphatic heterocycles. The highest BCUT2D eigenvalue weighted by Crippen LogP contribution is 2.35. The highest BCUT2D eigenvalue weighted by atomic mass is 127. The van der Waals surface area contributed by atoms with Crippen LogP contribution < -0.4 is 10.5 Å². The minimum Gasteiger partial charge on any atom is -0.497 e. The third-order valence-corrected chi connectivity index (χ3v) is 6.05. The molecule has 2 heterocycles. The standard InChI is InChI=1S/C17H18IN5O3S/c1-10(24)26-7-3-6-23-16-14(15(19)20-9-21-16)22-17(23)27-13-8-11(25-2)4-5-12(13)18/h4-5,8-9H,3,6-7H2,1-2H3,(H2,19,20,21). The van der Waals surface area contributed by atoms with Crippen molar-refractivity contribution in [3.05, 3.63) is 28.1 Å². The fourth-order valence-electron chi connectivity index (χ4n) is 2.44. The number of fused-ring (bicyclic) bond motifs is 1. The second kappa shape index (κ2) is 8.74. The molecule has 27 heavy (non-hydrogen) atoms. The van der Waals surface area contributed by atoms with Gasteiger partial charge in [-0.15, -0.1) is 0 Å². The molecule has 0 unspecified atom stereocenters. The molecule has 2 aromatic heterocycles. The molecule has 0 saturated heterocycles. The van der Waals surface area contributed by atoms with Crippen molar-refractivity contribution in [2.75, 3.05) is 19.5 Å². The van der Waals surface area contributed by atoms with Crippen molar-refractivity contribution in [1.29, 1.82) is 0 Å². The zero-order valence-electron chi connectivity index (χ0n) is 14.8. The third kappa shape index (κ3) is 4.61. The van der Waals surface area contributed by atoms with Crippen molar-refractivity contribution in [1.82, 2.24) is 19.5 Å². The van der Waals surface area contributed by atoms with Crippen molar-refractivity contribution in [3.8, 4) is 5.75 Å². The van der Waals surface area contributed by atoms with Crippen molar-refractivity contribution in [3.63, 3.8) is 0 Å². The Hall–Kier alpha value is -2.08.